The van der Waals surface area contributed by atoms with E-state index in [-0.39, 0.29) is 6.61 Å². The van der Waals surface area contributed by atoms with Gasteiger partial charge in [0.15, 0.2) is 6.61 Å². The zero-order valence-corrected chi connectivity index (χ0v) is 21.6. The van der Waals surface area contributed by atoms with Crippen LogP contribution >= 0.6 is 27.3 Å². The van der Waals surface area contributed by atoms with E-state index in [1.807, 2.05) is 29.5 Å². The second kappa shape index (κ2) is 10.5. The maximum Gasteiger partial charge on any atom is 0.343 e. The lowest BCUT2D eigenvalue weighted by atomic mass is 9.96. The Balaban J connectivity index is 1.45. The van der Waals surface area contributed by atoms with Crippen molar-refractivity contribution in [3.8, 4) is 28.0 Å². The third-order valence-electron chi connectivity index (χ3n) is 5.89. The van der Waals surface area contributed by atoms with E-state index < -0.39 is 5.97 Å². The molecule has 0 saturated heterocycles. The Bertz CT molecular complexity index is 1470. The van der Waals surface area contributed by atoms with Crippen molar-refractivity contribution in [3.63, 3.8) is 0 Å². The summed E-state index contributed by atoms with van der Waals surface area (Å²) in [5.41, 5.74) is 6.02. The van der Waals surface area contributed by atoms with Crippen molar-refractivity contribution >= 4 is 43.3 Å². The van der Waals surface area contributed by atoms with Gasteiger partial charge in [-0.05, 0) is 56.4 Å². The quantitative estimate of drug-likeness (QED) is 0.195. The molecule has 0 unspecified atom stereocenters. The van der Waals surface area contributed by atoms with Gasteiger partial charge in [-0.25, -0.2) is 4.79 Å². The van der Waals surface area contributed by atoms with Gasteiger partial charge in [-0.2, -0.15) is 0 Å². The number of ether oxygens (including phenoxy) is 2. The third-order valence-corrected chi connectivity index (χ3v) is 7.68. The van der Waals surface area contributed by atoms with Gasteiger partial charge in [-0.15, -0.1) is 11.3 Å². The molecule has 1 heterocycles. The maximum absolute atomic E-state index is 11.4. The minimum absolute atomic E-state index is 0.122. The van der Waals surface area contributed by atoms with Crippen molar-refractivity contribution in [2.45, 2.75) is 6.42 Å². The van der Waals surface area contributed by atoms with Crippen LogP contribution in [0.2, 0.25) is 0 Å². The fourth-order valence-corrected chi connectivity index (χ4v) is 5.89. The van der Waals surface area contributed by atoms with Crippen molar-refractivity contribution in [1.29, 1.82) is 0 Å². The molecule has 0 saturated carbocycles. The molecule has 0 amide bonds. The van der Waals surface area contributed by atoms with Crippen LogP contribution in [0, 0.1) is 0 Å². The van der Waals surface area contributed by atoms with Gasteiger partial charge in [0.05, 0.1) is 11.6 Å². The first-order chi connectivity index (χ1) is 17.1. The molecule has 0 radical (unpaired) electrons. The summed E-state index contributed by atoms with van der Waals surface area (Å²) in [6, 6.07) is 33.8. The van der Waals surface area contributed by atoms with Crippen molar-refractivity contribution in [2.75, 3.05) is 13.7 Å². The molecule has 0 atom stereocenters. The minimum atomic E-state index is -0.413. The van der Waals surface area contributed by atoms with Crippen LogP contribution in [0.4, 0.5) is 0 Å². The number of hydrogen-bond donors (Lipinski definition) is 0. The van der Waals surface area contributed by atoms with E-state index in [4.69, 9.17) is 4.74 Å². The Kier molecular flexibility index (Phi) is 6.98. The number of hydrogen-bond acceptors (Lipinski definition) is 4. The molecule has 5 rings (SSSR count). The van der Waals surface area contributed by atoms with Crippen molar-refractivity contribution in [2.24, 2.45) is 0 Å². The predicted octanol–water partition coefficient (Wildman–Crippen LogP) is 8.14. The molecule has 1 aromatic heterocycles. The molecule has 0 aliphatic rings. The molecule has 0 aliphatic carbocycles. The molecule has 35 heavy (non-hydrogen) atoms. The zero-order chi connectivity index (χ0) is 24.2. The number of carbonyl (C=O) groups is 1. The molecule has 4 aromatic carbocycles. The Morgan fingerprint density at radius 2 is 1.51 bits per heavy atom. The predicted molar refractivity (Wildman–Crippen MR) is 147 cm³/mol. The van der Waals surface area contributed by atoms with Crippen LogP contribution in [0.1, 0.15) is 10.4 Å². The highest BCUT2D eigenvalue weighted by molar-refractivity contribution is 9.10. The van der Waals surface area contributed by atoms with Crippen LogP contribution in [0.3, 0.4) is 0 Å². The molecule has 0 aliphatic heterocycles. The Hall–Kier alpha value is -3.41. The normalized spacial score (nSPS) is 10.9. The van der Waals surface area contributed by atoms with Crippen molar-refractivity contribution in [1.82, 2.24) is 0 Å². The van der Waals surface area contributed by atoms with Crippen molar-refractivity contribution < 1.29 is 14.3 Å². The second-order valence-electron chi connectivity index (χ2n) is 8.15. The molecular weight excluding hydrogens is 520 g/mol. The molecule has 0 fully saturated rings. The Morgan fingerprint density at radius 1 is 0.829 bits per heavy atom. The third kappa shape index (κ3) is 5.16. The van der Waals surface area contributed by atoms with Gasteiger partial charge in [0.2, 0.25) is 0 Å². The summed E-state index contributed by atoms with van der Waals surface area (Å²) in [5.74, 6) is 0.190. The summed E-state index contributed by atoms with van der Waals surface area (Å²) in [6.07, 6.45) is 0.914. The van der Waals surface area contributed by atoms with Crippen molar-refractivity contribution in [3.05, 3.63) is 112 Å². The van der Waals surface area contributed by atoms with Crippen LogP contribution in [-0.4, -0.2) is 19.7 Å². The van der Waals surface area contributed by atoms with Crippen LogP contribution < -0.4 is 4.74 Å². The average molecular weight is 543 g/mol. The van der Waals surface area contributed by atoms with Gasteiger partial charge < -0.3 is 9.47 Å². The maximum atomic E-state index is 11.4. The van der Waals surface area contributed by atoms with E-state index >= 15 is 0 Å². The molecule has 5 aromatic rings. The largest absolute Gasteiger partial charge is 0.481 e. The number of carbonyl (C=O) groups excluding carboxylic acids is 1. The zero-order valence-electron chi connectivity index (χ0n) is 19.2. The molecule has 174 valence electrons. The highest BCUT2D eigenvalue weighted by atomic mass is 79.9. The lowest BCUT2D eigenvalue weighted by molar-refractivity contribution is -0.142. The lowest BCUT2D eigenvalue weighted by Crippen LogP contribution is -2.12. The van der Waals surface area contributed by atoms with E-state index in [0.29, 0.717) is 5.75 Å². The summed E-state index contributed by atoms with van der Waals surface area (Å²) >= 11 is 5.43. The fourth-order valence-electron chi connectivity index (χ4n) is 4.14. The summed E-state index contributed by atoms with van der Waals surface area (Å²) < 4.78 is 12.3. The Labute approximate surface area is 217 Å². The number of halogens is 1. The van der Waals surface area contributed by atoms with Crippen LogP contribution in [-0.2, 0) is 16.0 Å². The summed E-state index contributed by atoms with van der Waals surface area (Å²) in [7, 11) is 1.34. The fraction of sp³-hybridized carbons (Fsp3) is 0.100. The average Bonchev–Trinajstić information content (AvgIpc) is 3.26. The first-order valence-electron chi connectivity index (χ1n) is 11.3. The second-order valence-corrected chi connectivity index (χ2v) is 10.1. The van der Waals surface area contributed by atoms with E-state index in [1.165, 1.54) is 38.8 Å². The molecular formula is C30H23BrO3S. The SMILES string of the molecule is COC(=O)COc1ccc(-c2ccc(-c3c(Cc4ccccc4)sc4ccccc34)cc2)cc1Br. The van der Waals surface area contributed by atoms with Gasteiger partial charge in [-0.1, -0.05) is 78.9 Å². The van der Waals surface area contributed by atoms with E-state index in [9.17, 15) is 4.79 Å². The first-order valence-corrected chi connectivity index (χ1v) is 12.9. The summed E-state index contributed by atoms with van der Waals surface area (Å²) in [4.78, 5) is 12.7. The van der Waals surface area contributed by atoms with E-state index in [2.05, 4.69) is 99.5 Å². The van der Waals surface area contributed by atoms with E-state index in [1.54, 1.807) is 0 Å². The standard InChI is InChI=1S/C30H23BrO3S/c1-33-29(32)19-34-26-16-15-23(18-25(26)31)21-11-13-22(14-12-21)30-24-9-5-6-10-27(24)35-28(30)17-20-7-3-2-4-8-20/h2-16,18H,17,19H2,1H3. The highest BCUT2D eigenvalue weighted by Crippen LogP contribution is 2.40. The number of methoxy groups -OCH3 is 1. The van der Waals surface area contributed by atoms with Gasteiger partial charge in [0, 0.05) is 26.9 Å². The van der Waals surface area contributed by atoms with Gasteiger partial charge in [-0.3, -0.25) is 0 Å². The molecule has 3 nitrogen and oxygen atoms in total. The van der Waals surface area contributed by atoms with E-state index in [0.717, 1.165) is 22.0 Å². The van der Waals surface area contributed by atoms with Crippen LogP contribution in [0.5, 0.6) is 5.75 Å². The number of fused-ring (bicyclic) bond motifs is 1. The van der Waals surface area contributed by atoms with Gasteiger partial charge >= 0.3 is 5.97 Å². The minimum Gasteiger partial charge on any atom is -0.481 e. The topological polar surface area (TPSA) is 35.5 Å². The number of esters is 1. The van der Waals surface area contributed by atoms with Crippen LogP contribution in [0.25, 0.3) is 32.3 Å². The molecule has 0 N–H and O–H groups in total. The molecule has 0 bridgehead atoms. The van der Waals surface area contributed by atoms with Gasteiger partial charge in [0.1, 0.15) is 5.75 Å². The number of thiophene rings is 1. The number of benzene rings is 4. The highest BCUT2D eigenvalue weighted by Gasteiger charge is 2.15. The lowest BCUT2D eigenvalue weighted by Gasteiger charge is -2.10. The Morgan fingerprint density at radius 3 is 2.26 bits per heavy atom. The van der Waals surface area contributed by atoms with Crippen LogP contribution in [0.15, 0.2) is 102 Å². The monoisotopic (exact) mass is 542 g/mol. The summed E-state index contributed by atoms with van der Waals surface area (Å²) in [5, 5.41) is 1.30. The summed E-state index contributed by atoms with van der Waals surface area (Å²) in [6.45, 7) is -0.122. The smallest absolute Gasteiger partial charge is 0.343 e. The first kappa shape index (κ1) is 23.3. The van der Waals surface area contributed by atoms with Gasteiger partial charge in [0.25, 0.3) is 0 Å². The number of rotatable bonds is 7. The molecule has 5 heteroatoms. The molecule has 0 spiro atoms.